The number of rotatable bonds is 3. The quantitative estimate of drug-likeness (QED) is 0.672. The molecule has 4 nitrogen and oxygen atoms in total. The first-order chi connectivity index (χ1) is 6.18. The largest absolute Gasteiger partial charge is 0.495 e. The van der Waals surface area contributed by atoms with E-state index in [1.54, 1.807) is 24.4 Å². The van der Waals surface area contributed by atoms with E-state index in [-0.39, 0.29) is 18.2 Å². The Morgan fingerprint density at radius 2 is 2.38 bits per heavy atom. The molecule has 1 amide bonds. The van der Waals surface area contributed by atoms with E-state index in [2.05, 4.69) is 16.9 Å². The fraction of sp³-hybridized carbons (Fsp3) is 0.111. The van der Waals surface area contributed by atoms with Gasteiger partial charge in [-0.2, -0.15) is 0 Å². The van der Waals surface area contributed by atoms with Crippen LogP contribution in [0.25, 0.3) is 0 Å². The van der Waals surface area contributed by atoms with E-state index in [1.807, 2.05) is 0 Å². The molecule has 0 aliphatic heterocycles. The number of hydrogen-bond acceptors (Lipinski definition) is 3. The molecule has 1 aromatic rings. The summed E-state index contributed by atoms with van der Waals surface area (Å²) in [6.07, 6.45) is 1.75. The van der Waals surface area contributed by atoms with Crippen LogP contribution in [0, 0.1) is 0 Å². The number of amides is 1. The predicted molar refractivity (Wildman–Crippen MR) is 47.9 cm³/mol. The summed E-state index contributed by atoms with van der Waals surface area (Å²) in [7, 11) is 0. The van der Waals surface area contributed by atoms with E-state index in [0.717, 1.165) is 0 Å². The first kappa shape index (κ1) is 9.25. The highest BCUT2D eigenvalue weighted by molar-refractivity contribution is 5.79. The second-order valence-electron chi connectivity index (χ2n) is 2.49. The number of aliphatic hydroxyl groups is 1. The van der Waals surface area contributed by atoms with Crippen LogP contribution in [-0.4, -0.2) is 16.0 Å². The van der Waals surface area contributed by atoms with Crippen molar-refractivity contribution in [3.05, 3.63) is 42.6 Å². The second kappa shape index (κ2) is 4.25. The summed E-state index contributed by atoms with van der Waals surface area (Å²) in [4.78, 5) is 15.0. The highest BCUT2D eigenvalue weighted by Crippen LogP contribution is 1.94. The molecule has 13 heavy (non-hydrogen) atoms. The zero-order chi connectivity index (χ0) is 9.68. The Balaban J connectivity index is 2.50. The molecule has 2 N–H and O–H groups in total. The Hall–Kier alpha value is -1.84. The van der Waals surface area contributed by atoms with Crippen LogP contribution in [0.15, 0.2) is 36.9 Å². The summed E-state index contributed by atoms with van der Waals surface area (Å²) in [6, 6.07) is 5.30. The maximum absolute atomic E-state index is 11.1. The monoisotopic (exact) mass is 178 g/mol. The van der Waals surface area contributed by atoms with Gasteiger partial charge in [-0.15, -0.1) is 0 Å². The Morgan fingerprint density at radius 3 is 2.92 bits per heavy atom. The first-order valence-electron chi connectivity index (χ1n) is 3.76. The van der Waals surface area contributed by atoms with Crippen LogP contribution in [0.3, 0.4) is 0 Å². The number of pyridine rings is 1. The molecule has 0 aliphatic rings. The number of aliphatic hydroxyl groups excluding tert-OH is 1. The van der Waals surface area contributed by atoms with Gasteiger partial charge < -0.3 is 5.11 Å². The highest BCUT2D eigenvalue weighted by Gasteiger charge is 2.03. The summed E-state index contributed by atoms with van der Waals surface area (Å²) in [5.74, 6) is -0.674. The molecule has 0 spiro atoms. The Kier molecular flexibility index (Phi) is 3.03. The van der Waals surface area contributed by atoms with Crippen molar-refractivity contribution in [3.8, 4) is 0 Å². The summed E-state index contributed by atoms with van der Waals surface area (Å²) in [6.45, 7) is 3.14. The molecule has 0 aromatic carbocycles. The lowest BCUT2D eigenvalue weighted by Gasteiger charge is -2.01. The van der Waals surface area contributed by atoms with Crippen LogP contribution in [0.1, 0.15) is 5.69 Å². The Labute approximate surface area is 75.9 Å². The molecule has 68 valence electrons. The number of aromatic nitrogens is 1. The molecule has 0 atom stereocenters. The number of nitrogens with zero attached hydrogens (tertiary/aromatic N) is 1. The molecule has 0 fully saturated rings. The zero-order valence-corrected chi connectivity index (χ0v) is 7.03. The number of nitrogens with one attached hydrogen (secondary N) is 1. The van der Waals surface area contributed by atoms with Crippen molar-refractivity contribution in [2.24, 2.45) is 0 Å². The Bertz CT molecular complexity index is 309. The van der Waals surface area contributed by atoms with E-state index < -0.39 is 0 Å². The second-order valence-corrected chi connectivity index (χ2v) is 2.49. The molecule has 0 aliphatic carbocycles. The fourth-order valence-corrected chi connectivity index (χ4v) is 0.872. The van der Waals surface area contributed by atoms with E-state index in [0.29, 0.717) is 5.69 Å². The third-order valence-corrected chi connectivity index (χ3v) is 1.35. The molecule has 0 unspecified atom stereocenters. The summed E-state index contributed by atoms with van der Waals surface area (Å²) >= 11 is 0. The smallest absolute Gasteiger partial charge is 0.232 e. The minimum Gasteiger partial charge on any atom is -0.495 e. The van der Waals surface area contributed by atoms with Crippen LogP contribution in [0.2, 0.25) is 0 Å². The maximum atomic E-state index is 11.1. The van der Waals surface area contributed by atoms with Crippen molar-refractivity contribution in [3.63, 3.8) is 0 Å². The average molecular weight is 178 g/mol. The van der Waals surface area contributed by atoms with Gasteiger partial charge in [-0.25, -0.2) is 0 Å². The van der Waals surface area contributed by atoms with Crippen LogP contribution >= 0.6 is 0 Å². The normalized spacial score (nSPS) is 9.23. The van der Waals surface area contributed by atoms with Crippen LogP contribution in [0.5, 0.6) is 0 Å². The lowest BCUT2D eigenvalue weighted by molar-refractivity contribution is -0.120. The first-order valence-corrected chi connectivity index (χ1v) is 3.76. The van der Waals surface area contributed by atoms with Crippen LogP contribution in [0.4, 0.5) is 0 Å². The van der Waals surface area contributed by atoms with Crippen molar-refractivity contribution in [1.82, 2.24) is 10.3 Å². The third-order valence-electron chi connectivity index (χ3n) is 1.35. The van der Waals surface area contributed by atoms with E-state index in [1.165, 1.54) is 0 Å². The van der Waals surface area contributed by atoms with E-state index in [9.17, 15) is 4.79 Å². The fourth-order valence-electron chi connectivity index (χ4n) is 0.872. The minimum absolute atomic E-state index is 0.139. The third kappa shape index (κ3) is 3.37. The van der Waals surface area contributed by atoms with Crippen molar-refractivity contribution < 1.29 is 9.90 Å². The zero-order valence-electron chi connectivity index (χ0n) is 7.03. The van der Waals surface area contributed by atoms with Gasteiger partial charge in [-0.05, 0) is 18.7 Å². The van der Waals surface area contributed by atoms with Crippen molar-refractivity contribution in [2.45, 2.75) is 6.42 Å². The van der Waals surface area contributed by atoms with E-state index >= 15 is 0 Å². The minimum atomic E-state index is -0.346. The molecule has 1 aromatic heterocycles. The van der Waals surface area contributed by atoms with Gasteiger partial charge in [0, 0.05) is 11.9 Å². The standard InChI is InChI=1S/C9H10N2O2/c1-7(12)11-9(13)6-8-4-2-3-5-10-8/h2-5,12H,1,6H2,(H,11,13). The molecule has 0 bridgehead atoms. The lowest BCUT2D eigenvalue weighted by atomic mass is 10.2. The molecule has 0 saturated carbocycles. The van der Waals surface area contributed by atoms with Crippen LogP contribution < -0.4 is 5.32 Å². The summed E-state index contributed by atoms with van der Waals surface area (Å²) in [5.41, 5.74) is 0.654. The molecule has 1 rings (SSSR count). The molecule has 0 radical (unpaired) electrons. The number of hydrogen-bond donors (Lipinski definition) is 2. The van der Waals surface area contributed by atoms with Gasteiger partial charge in [0.05, 0.1) is 6.42 Å². The SMILES string of the molecule is C=C(O)NC(=O)Cc1ccccn1. The van der Waals surface area contributed by atoms with E-state index in [4.69, 9.17) is 5.11 Å². The van der Waals surface area contributed by atoms with Crippen molar-refractivity contribution >= 4 is 5.91 Å². The number of carbonyl (C=O) groups excluding carboxylic acids is 1. The molecular formula is C9H10N2O2. The summed E-state index contributed by atoms with van der Waals surface area (Å²) < 4.78 is 0. The lowest BCUT2D eigenvalue weighted by Crippen LogP contribution is -2.23. The maximum Gasteiger partial charge on any atom is 0.232 e. The molecule has 0 saturated heterocycles. The van der Waals surface area contributed by atoms with Gasteiger partial charge in [0.25, 0.3) is 0 Å². The molecule has 4 heteroatoms. The predicted octanol–water partition coefficient (Wildman–Crippen LogP) is 0.769. The van der Waals surface area contributed by atoms with Crippen LogP contribution in [-0.2, 0) is 11.2 Å². The van der Waals surface area contributed by atoms with Gasteiger partial charge in [0.2, 0.25) is 5.91 Å². The topological polar surface area (TPSA) is 62.2 Å². The molecular weight excluding hydrogens is 168 g/mol. The van der Waals surface area contributed by atoms with Crippen molar-refractivity contribution in [1.29, 1.82) is 0 Å². The molecule has 1 heterocycles. The van der Waals surface area contributed by atoms with Crippen molar-refractivity contribution in [2.75, 3.05) is 0 Å². The van der Waals surface area contributed by atoms with Gasteiger partial charge >= 0.3 is 0 Å². The highest BCUT2D eigenvalue weighted by atomic mass is 16.3. The number of carbonyl (C=O) groups is 1. The van der Waals surface area contributed by atoms with Gasteiger partial charge in [-0.3, -0.25) is 15.1 Å². The van der Waals surface area contributed by atoms with Gasteiger partial charge in [-0.1, -0.05) is 6.07 Å². The summed E-state index contributed by atoms with van der Waals surface area (Å²) in [5, 5.41) is 10.8. The van der Waals surface area contributed by atoms with Gasteiger partial charge in [0.1, 0.15) is 0 Å². The Morgan fingerprint density at radius 1 is 1.62 bits per heavy atom. The van der Waals surface area contributed by atoms with Gasteiger partial charge in [0.15, 0.2) is 5.88 Å². The average Bonchev–Trinajstić information content (AvgIpc) is 2.04.